The van der Waals surface area contributed by atoms with E-state index in [-0.39, 0.29) is 37.5 Å². The fraction of sp³-hybridized carbons (Fsp3) is 0.625. The van der Waals surface area contributed by atoms with E-state index in [1.807, 2.05) is 48.6 Å². The molecule has 0 saturated carbocycles. The fourth-order valence-corrected chi connectivity index (χ4v) is 6.45. The van der Waals surface area contributed by atoms with Crippen LogP contribution in [0.2, 0.25) is 0 Å². The first-order chi connectivity index (χ1) is 30.5. The number of rotatable bonds is 43. The molecule has 0 aromatic heterocycles. The van der Waals surface area contributed by atoms with Crippen molar-refractivity contribution in [2.45, 2.75) is 213 Å². The van der Waals surface area contributed by atoms with E-state index in [1.54, 1.807) is 0 Å². The highest BCUT2D eigenvalue weighted by atomic mass is 16.6. The predicted octanol–water partition coefficient (Wildman–Crippen LogP) is 16.4. The molecule has 1 atom stereocenters. The molecule has 6 nitrogen and oxygen atoms in total. The van der Waals surface area contributed by atoms with E-state index >= 15 is 0 Å². The van der Waals surface area contributed by atoms with Gasteiger partial charge in [0.15, 0.2) is 6.10 Å². The lowest BCUT2D eigenvalue weighted by Gasteiger charge is -2.18. The van der Waals surface area contributed by atoms with Crippen molar-refractivity contribution in [2.24, 2.45) is 0 Å². The summed E-state index contributed by atoms with van der Waals surface area (Å²) in [5, 5.41) is 0. The molecule has 0 aromatic rings. The summed E-state index contributed by atoms with van der Waals surface area (Å²) < 4.78 is 16.7. The molecule has 0 bridgehead atoms. The first-order valence-electron chi connectivity index (χ1n) is 25.0. The second-order valence-corrected chi connectivity index (χ2v) is 16.1. The van der Waals surface area contributed by atoms with E-state index in [9.17, 15) is 14.4 Å². The Balaban J connectivity index is 4.54. The molecule has 0 aliphatic carbocycles. The van der Waals surface area contributed by atoms with Crippen molar-refractivity contribution >= 4 is 17.9 Å². The van der Waals surface area contributed by atoms with Gasteiger partial charge in [-0.1, -0.05) is 220 Å². The van der Waals surface area contributed by atoms with Crippen LogP contribution in [0.15, 0.2) is 109 Å². The lowest BCUT2D eigenvalue weighted by Crippen LogP contribution is -2.30. The maximum absolute atomic E-state index is 12.8. The number of carbonyl (C=O) groups excluding carboxylic acids is 3. The zero-order valence-electron chi connectivity index (χ0n) is 39.8. The maximum atomic E-state index is 12.8. The molecule has 0 aliphatic heterocycles. The first kappa shape index (κ1) is 58.1. The molecule has 0 amide bonds. The molecule has 0 saturated heterocycles. The lowest BCUT2D eigenvalue weighted by molar-refractivity contribution is -0.167. The third-order valence-electron chi connectivity index (χ3n) is 10.2. The van der Waals surface area contributed by atoms with Gasteiger partial charge in [-0.2, -0.15) is 0 Å². The van der Waals surface area contributed by atoms with Crippen LogP contribution in [0.4, 0.5) is 0 Å². The molecule has 0 N–H and O–H groups in total. The number of hydrogen-bond donors (Lipinski definition) is 0. The molecule has 0 radical (unpaired) electrons. The van der Waals surface area contributed by atoms with Gasteiger partial charge in [-0.15, -0.1) is 0 Å². The predicted molar refractivity (Wildman–Crippen MR) is 265 cm³/mol. The molecule has 6 heteroatoms. The zero-order chi connectivity index (χ0) is 45.1. The molecule has 1 unspecified atom stereocenters. The van der Waals surface area contributed by atoms with Crippen LogP contribution < -0.4 is 0 Å². The normalized spacial score (nSPS) is 13.0. The van der Waals surface area contributed by atoms with Crippen molar-refractivity contribution in [3.8, 4) is 0 Å². The maximum Gasteiger partial charge on any atom is 0.306 e. The highest BCUT2D eigenvalue weighted by molar-refractivity contribution is 5.71. The van der Waals surface area contributed by atoms with Gasteiger partial charge in [0.05, 0.1) is 0 Å². The fourth-order valence-electron chi connectivity index (χ4n) is 6.45. The topological polar surface area (TPSA) is 78.9 Å². The standard InChI is InChI=1S/C56H90O6/c1-4-7-10-13-16-19-22-25-27-29-31-34-37-40-43-46-49-55(58)61-52-53(51-60-54(57)48-45-42-39-36-33-30-24-21-18-15-12-9-6-3)62-56(59)50-47-44-41-38-35-32-28-26-23-20-17-14-11-8-5-2/h7-8,10-11,14,16-17,19-20,23,25-28,31-32,34-35,53H,4-6,9,12-13,15,18,21-22,24,29-30,33,36-52H2,1-3H3/b10-7-,11-8-,17-14-,19-16-,23-20-,27-25-,28-26-,34-31-,35-32-. The molecule has 0 aliphatic rings. The van der Waals surface area contributed by atoms with Crippen molar-refractivity contribution in [1.82, 2.24) is 0 Å². The van der Waals surface area contributed by atoms with E-state index < -0.39 is 6.10 Å². The number of esters is 3. The van der Waals surface area contributed by atoms with Crippen molar-refractivity contribution in [2.75, 3.05) is 13.2 Å². The molecular formula is C56H90O6. The molecule has 0 rings (SSSR count). The van der Waals surface area contributed by atoms with E-state index in [4.69, 9.17) is 14.2 Å². The Morgan fingerprint density at radius 3 is 1.18 bits per heavy atom. The van der Waals surface area contributed by atoms with Gasteiger partial charge in [-0.25, -0.2) is 0 Å². The summed E-state index contributed by atoms with van der Waals surface area (Å²) in [7, 11) is 0. The van der Waals surface area contributed by atoms with Crippen molar-refractivity contribution in [1.29, 1.82) is 0 Å². The van der Waals surface area contributed by atoms with Crippen molar-refractivity contribution in [3.63, 3.8) is 0 Å². The van der Waals surface area contributed by atoms with Crippen LogP contribution in [-0.2, 0) is 28.6 Å². The SMILES string of the molecule is CC\C=C/C=C\C=C/C=C\C=C/CCCCCC(=O)OC(COC(=O)CCCCC/C=C\C/C=C\C/C=C\C/C=C\CC)COC(=O)CCCCCCCCCCCCCCC. The van der Waals surface area contributed by atoms with Gasteiger partial charge in [0, 0.05) is 19.3 Å². The molecule has 0 spiro atoms. The molecule has 0 heterocycles. The Labute approximate surface area is 380 Å². The third kappa shape index (κ3) is 47.1. The second-order valence-electron chi connectivity index (χ2n) is 16.1. The monoisotopic (exact) mass is 859 g/mol. The summed E-state index contributed by atoms with van der Waals surface area (Å²) >= 11 is 0. The van der Waals surface area contributed by atoms with E-state index in [0.29, 0.717) is 19.3 Å². The van der Waals surface area contributed by atoms with Crippen LogP contribution in [-0.4, -0.2) is 37.2 Å². The highest BCUT2D eigenvalue weighted by Crippen LogP contribution is 2.14. The number of ether oxygens (including phenoxy) is 3. The highest BCUT2D eigenvalue weighted by Gasteiger charge is 2.19. The van der Waals surface area contributed by atoms with Crippen LogP contribution in [0.3, 0.4) is 0 Å². The smallest absolute Gasteiger partial charge is 0.306 e. The van der Waals surface area contributed by atoms with Crippen LogP contribution >= 0.6 is 0 Å². The Bertz CT molecular complexity index is 1310. The molecule has 350 valence electrons. The second kappa shape index (κ2) is 49.7. The molecular weight excluding hydrogens is 769 g/mol. The average molecular weight is 859 g/mol. The van der Waals surface area contributed by atoms with E-state index in [2.05, 4.69) is 81.5 Å². The van der Waals surface area contributed by atoms with Crippen LogP contribution in [0.25, 0.3) is 0 Å². The summed E-state index contributed by atoms with van der Waals surface area (Å²) in [6.07, 6.45) is 66.4. The van der Waals surface area contributed by atoms with Gasteiger partial charge in [0.2, 0.25) is 0 Å². The first-order valence-corrected chi connectivity index (χ1v) is 25.0. The molecule has 62 heavy (non-hydrogen) atoms. The zero-order valence-corrected chi connectivity index (χ0v) is 39.8. The Hall–Kier alpha value is -3.93. The van der Waals surface area contributed by atoms with Gasteiger partial charge in [0.25, 0.3) is 0 Å². The van der Waals surface area contributed by atoms with Gasteiger partial charge < -0.3 is 14.2 Å². The molecule has 0 fully saturated rings. The van der Waals surface area contributed by atoms with Crippen molar-refractivity contribution < 1.29 is 28.6 Å². The Kier molecular flexibility index (Phi) is 46.6. The van der Waals surface area contributed by atoms with E-state index in [0.717, 1.165) is 96.3 Å². The third-order valence-corrected chi connectivity index (χ3v) is 10.2. The summed E-state index contributed by atoms with van der Waals surface area (Å²) in [4.78, 5) is 37.9. The van der Waals surface area contributed by atoms with E-state index in [1.165, 1.54) is 64.2 Å². The number of unbranched alkanes of at least 4 members (excludes halogenated alkanes) is 18. The van der Waals surface area contributed by atoms with Gasteiger partial charge >= 0.3 is 17.9 Å². The Morgan fingerprint density at radius 2 is 0.710 bits per heavy atom. The van der Waals surface area contributed by atoms with Gasteiger partial charge in [0.1, 0.15) is 13.2 Å². The Morgan fingerprint density at radius 1 is 0.355 bits per heavy atom. The quantitative estimate of drug-likeness (QED) is 0.0200. The van der Waals surface area contributed by atoms with Gasteiger partial charge in [-0.3, -0.25) is 14.4 Å². The summed E-state index contributed by atoms with van der Waals surface area (Å²) in [5.41, 5.74) is 0. The van der Waals surface area contributed by atoms with Crippen LogP contribution in [0, 0.1) is 0 Å². The lowest BCUT2D eigenvalue weighted by atomic mass is 10.0. The average Bonchev–Trinajstić information content (AvgIpc) is 3.27. The largest absolute Gasteiger partial charge is 0.462 e. The minimum absolute atomic E-state index is 0.106. The van der Waals surface area contributed by atoms with Crippen LogP contribution in [0.5, 0.6) is 0 Å². The summed E-state index contributed by atoms with van der Waals surface area (Å²) in [5.74, 6) is -0.987. The van der Waals surface area contributed by atoms with Crippen LogP contribution in [0.1, 0.15) is 207 Å². The minimum Gasteiger partial charge on any atom is -0.462 e. The summed E-state index contributed by atoms with van der Waals surface area (Å²) in [6, 6.07) is 0. The van der Waals surface area contributed by atoms with Gasteiger partial charge in [-0.05, 0) is 77.0 Å². The number of carbonyl (C=O) groups is 3. The number of hydrogen-bond acceptors (Lipinski definition) is 6. The van der Waals surface area contributed by atoms with Crippen molar-refractivity contribution in [3.05, 3.63) is 109 Å². The molecule has 0 aromatic carbocycles. The minimum atomic E-state index is -0.813. The number of allylic oxidation sites excluding steroid dienone is 18. The summed E-state index contributed by atoms with van der Waals surface area (Å²) in [6.45, 7) is 6.30.